The van der Waals surface area contributed by atoms with E-state index in [1.54, 1.807) is 13.0 Å². The summed E-state index contributed by atoms with van der Waals surface area (Å²) in [4.78, 5) is 0. The minimum atomic E-state index is -1.21. The van der Waals surface area contributed by atoms with Crippen LogP contribution in [-0.4, -0.2) is 5.11 Å². The zero-order chi connectivity index (χ0) is 20.9. The standard InChI is InChI=1S/C25H27N3O/c1-18-14-24(13-10-22(18)15-19(16-26)17-27)28-25(2,29)23-11-8-21(9-12-23)20-6-4-3-5-7-20/h8-15,20,28-29H,3-7H2,1-2H3. The number of nitrogens with zero attached hydrogens (tertiary/aromatic N) is 2. The summed E-state index contributed by atoms with van der Waals surface area (Å²) in [6, 6.07) is 17.6. The molecule has 0 radical (unpaired) electrons. The number of benzene rings is 2. The molecule has 0 aromatic heterocycles. The second kappa shape index (κ2) is 8.95. The van der Waals surface area contributed by atoms with E-state index in [9.17, 15) is 5.11 Å². The average Bonchev–Trinajstić information content (AvgIpc) is 2.74. The van der Waals surface area contributed by atoms with Gasteiger partial charge in [-0.25, -0.2) is 0 Å². The third-order valence-electron chi connectivity index (χ3n) is 5.75. The summed E-state index contributed by atoms with van der Waals surface area (Å²) in [5.74, 6) is 0.644. The van der Waals surface area contributed by atoms with Gasteiger partial charge in [0, 0.05) is 11.3 Å². The Labute approximate surface area is 173 Å². The van der Waals surface area contributed by atoms with Crippen LogP contribution in [0.2, 0.25) is 0 Å². The molecule has 1 aliphatic rings. The summed E-state index contributed by atoms with van der Waals surface area (Å²) in [6.45, 7) is 3.66. The quantitative estimate of drug-likeness (QED) is 0.507. The van der Waals surface area contributed by atoms with E-state index in [0.29, 0.717) is 5.92 Å². The molecule has 2 N–H and O–H groups in total. The van der Waals surface area contributed by atoms with Crippen molar-refractivity contribution < 1.29 is 5.11 Å². The lowest BCUT2D eigenvalue weighted by Gasteiger charge is -2.28. The van der Waals surface area contributed by atoms with Gasteiger partial charge >= 0.3 is 0 Å². The molecule has 0 spiro atoms. The van der Waals surface area contributed by atoms with Gasteiger partial charge in [0.2, 0.25) is 0 Å². The maximum atomic E-state index is 11.0. The molecule has 1 aliphatic carbocycles. The van der Waals surface area contributed by atoms with Crippen LogP contribution < -0.4 is 5.32 Å². The van der Waals surface area contributed by atoms with Gasteiger partial charge in [-0.15, -0.1) is 0 Å². The lowest BCUT2D eigenvalue weighted by atomic mass is 9.83. The fourth-order valence-electron chi connectivity index (χ4n) is 4.03. The second-order valence-corrected chi connectivity index (χ2v) is 8.01. The molecule has 4 nitrogen and oxygen atoms in total. The van der Waals surface area contributed by atoms with Crippen molar-refractivity contribution >= 4 is 11.8 Å². The zero-order valence-electron chi connectivity index (χ0n) is 17.1. The van der Waals surface area contributed by atoms with Gasteiger partial charge in [-0.05, 0) is 67.5 Å². The second-order valence-electron chi connectivity index (χ2n) is 8.01. The molecule has 4 heteroatoms. The molecular formula is C25H27N3O. The Bertz CT molecular complexity index is 953. The highest BCUT2D eigenvalue weighted by Gasteiger charge is 2.24. The Kier molecular flexibility index (Phi) is 6.37. The smallest absolute Gasteiger partial charge is 0.159 e. The van der Waals surface area contributed by atoms with Crippen LogP contribution in [0.3, 0.4) is 0 Å². The summed E-state index contributed by atoms with van der Waals surface area (Å²) in [5.41, 5.74) is 3.54. The number of hydrogen-bond donors (Lipinski definition) is 2. The summed E-state index contributed by atoms with van der Waals surface area (Å²) in [5, 5.41) is 32.1. The van der Waals surface area contributed by atoms with Gasteiger partial charge in [0.15, 0.2) is 5.72 Å². The lowest BCUT2D eigenvalue weighted by Crippen LogP contribution is -2.31. The molecule has 148 valence electrons. The highest BCUT2D eigenvalue weighted by molar-refractivity contribution is 5.66. The number of aliphatic hydroxyl groups is 1. The van der Waals surface area contributed by atoms with Crippen LogP contribution in [0, 0.1) is 29.6 Å². The Morgan fingerprint density at radius 3 is 2.31 bits per heavy atom. The van der Waals surface area contributed by atoms with Crippen LogP contribution in [0.25, 0.3) is 6.08 Å². The first-order chi connectivity index (χ1) is 13.9. The molecule has 2 aromatic carbocycles. The number of aryl methyl sites for hydroxylation is 1. The van der Waals surface area contributed by atoms with Gasteiger partial charge in [-0.3, -0.25) is 0 Å². The third-order valence-corrected chi connectivity index (χ3v) is 5.75. The topological polar surface area (TPSA) is 79.8 Å². The zero-order valence-corrected chi connectivity index (χ0v) is 17.1. The Morgan fingerprint density at radius 2 is 1.72 bits per heavy atom. The SMILES string of the molecule is Cc1cc(NC(C)(O)c2ccc(C3CCCCC3)cc2)ccc1C=C(C#N)C#N. The molecule has 1 saturated carbocycles. The fourth-order valence-corrected chi connectivity index (χ4v) is 4.03. The first-order valence-corrected chi connectivity index (χ1v) is 10.2. The molecule has 0 aliphatic heterocycles. The molecule has 29 heavy (non-hydrogen) atoms. The third kappa shape index (κ3) is 5.05. The van der Waals surface area contributed by atoms with E-state index in [4.69, 9.17) is 10.5 Å². The first-order valence-electron chi connectivity index (χ1n) is 10.2. The molecule has 1 atom stereocenters. The van der Waals surface area contributed by atoms with Crippen molar-refractivity contribution in [2.45, 2.75) is 57.6 Å². The number of allylic oxidation sites excluding steroid dienone is 1. The molecule has 2 aromatic rings. The highest BCUT2D eigenvalue weighted by Crippen LogP contribution is 2.34. The van der Waals surface area contributed by atoms with Crippen molar-refractivity contribution in [1.82, 2.24) is 0 Å². The number of rotatable bonds is 5. The lowest BCUT2D eigenvalue weighted by molar-refractivity contribution is 0.0887. The largest absolute Gasteiger partial charge is 0.367 e. The van der Waals surface area contributed by atoms with E-state index in [2.05, 4.69) is 17.4 Å². The van der Waals surface area contributed by atoms with Crippen molar-refractivity contribution in [1.29, 1.82) is 10.5 Å². The predicted molar refractivity (Wildman–Crippen MR) is 116 cm³/mol. The van der Waals surface area contributed by atoms with Gasteiger partial charge in [-0.1, -0.05) is 49.6 Å². The van der Waals surface area contributed by atoms with Crippen molar-refractivity contribution in [2.24, 2.45) is 0 Å². The van der Waals surface area contributed by atoms with Crippen molar-refractivity contribution in [3.8, 4) is 12.1 Å². The Hall–Kier alpha value is -3.08. The Balaban J connectivity index is 1.75. The van der Waals surface area contributed by atoms with Crippen LogP contribution in [0.5, 0.6) is 0 Å². The maximum absolute atomic E-state index is 11.0. The fraction of sp³-hybridized carbons (Fsp3) is 0.360. The van der Waals surface area contributed by atoms with E-state index in [1.807, 2.05) is 49.4 Å². The maximum Gasteiger partial charge on any atom is 0.159 e. The number of nitrogens with one attached hydrogen (secondary N) is 1. The van der Waals surface area contributed by atoms with Crippen molar-refractivity contribution in [3.05, 3.63) is 70.3 Å². The first kappa shape index (κ1) is 20.6. The number of hydrogen-bond acceptors (Lipinski definition) is 4. The number of anilines is 1. The molecular weight excluding hydrogens is 358 g/mol. The molecule has 0 heterocycles. The monoisotopic (exact) mass is 385 g/mol. The normalized spacial score (nSPS) is 16.2. The van der Waals surface area contributed by atoms with Crippen molar-refractivity contribution in [3.63, 3.8) is 0 Å². The van der Waals surface area contributed by atoms with Crippen LogP contribution in [0.4, 0.5) is 5.69 Å². The van der Waals surface area contributed by atoms with Crippen LogP contribution in [-0.2, 0) is 5.72 Å². The van der Waals surface area contributed by atoms with Gasteiger partial charge in [-0.2, -0.15) is 10.5 Å². The summed E-state index contributed by atoms with van der Waals surface area (Å²) in [7, 11) is 0. The molecule has 0 saturated heterocycles. The van der Waals surface area contributed by atoms with Crippen LogP contribution >= 0.6 is 0 Å². The molecule has 3 rings (SSSR count). The molecule has 0 amide bonds. The highest BCUT2D eigenvalue weighted by atomic mass is 16.3. The van der Waals surface area contributed by atoms with Gasteiger partial charge in [0.25, 0.3) is 0 Å². The molecule has 0 bridgehead atoms. The molecule has 1 fully saturated rings. The van der Waals surface area contributed by atoms with Crippen LogP contribution in [0.15, 0.2) is 48.0 Å². The van der Waals surface area contributed by atoms with Gasteiger partial charge in [0.1, 0.15) is 17.7 Å². The van der Waals surface area contributed by atoms with E-state index < -0.39 is 5.72 Å². The average molecular weight is 386 g/mol. The van der Waals surface area contributed by atoms with Gasteiger partial charge in [0.05, 0.1) is 0 Å². The van der Waals surface area contributed by atoms with E-state index in [1.165, 1.54) is 37.7 Å². The van der Waals surface area contributed by atoms with Gasteiger partial charge < -0.3 is 10.4 Å². The summed E-state index contributed by atoms with van der Waals surface area (Å²) < 4.78 is 0. The van der Waals surface area contributed by atoms with E-state index >= 15 is 0 Å². The van der Waals surface area contributed by atoms with E-state index in [-0.39, 0.29) is 5.57 Å². The minimum Gasteiger partial charge on any atom is -0.367 e. The van der Waals surface area contributed by atoms with Crippen LogP contribution in [0.1, 0.15) is 67.2 Å². The Morgan fingerprint density at radius 1 is 1.07 bits per heavy atom. The summed E-state index contributed by atoms with van der Waals surface area (Å²) in [6.07, 6.45) is 8.04. The minimum absolute atomic E-state index is 0.0684. The van der Waals surface area contributed by atoms with E-state index in [0.717, 1.165) is 22.4 Å². The molecule has 1 unspecified atom stereocenters. The van der Waals surface area contributed by atoms with Crippen molar-refractivity contribution in [2.75, 3.05) is 5.32 Å². The predicted octanol–water partition coefficient (Wildman–Crippen LogP) is 5.75. The number of nitriles is 2. The summed E-state index contributed by atoms with van der Waals surface area (Å²) >= 11 is 0.